The first kappa shape index (κ1) is 12.0. The summed E-state index contributed by atoms with van der Waals surface area (Å²) in [7, 11) is 5.82. The highest BCUT2D eigenvalue weighted by atomic mass is 16.5. The van der Waals surface area contributed by atoms with Crippen molar-refractivity contribution in [2.75, 3.05) is 46.2 Å². The number of imidazole rings is 1. The second kappa shape index (κ2) is 6.42. The van der Waals surface area contributed by atoms with Crippen molar-refractivity contribution in [3.8, 4) is 0 Å². The van der Waals surface area contributed by atoms with E-state index in [1.54, 1.807) is 7.11 Å². The standard InChI is InChI=1S/C10H20N4O/c1-13(2)7-8-14-6-4-11-10(14)12-5-9-15-3/h4,6H,5,7-9H2,1-3H3,(H,11,12). The topological polar surface area (TPSA) is 42.3 Å². The molecule has 1 aromatic rings. The predicted octanol–water partition coefficient (Wildman–Crippen LogP) is 0.503. The van der Waals surface area contributed by atoms with E-state index in [-0.39, 0.29) is 0 Å². The van der Waals surface area contributed by atoms with E-state index < -0.39 is 0 Å². The summed E-state index contributed by atoms with van der Waals surface area (Å²) in [4.78, 5) is 6.40. The van der Waals surface area contributed by atoms with Crippen LogP contribution in [0.3, 0.4) is 0 Å². The SMILES string of the molecule is COCCNc1nccn1CCN(C)C. The molecule has 5 nitrogen and oxygen atoms in total. The van der Waals surface area contributed by atoms with Crippen LogP contribution in [-0.4, -0.2) is 55.4 Å². The molecule has 0 fully saturated rings. The minimum Gasteiger partial charge on any atom is -0.383 e. The van der Waals surface area contributed by atoms with Crippen LogP contribution < -0.4 is 5.32 Å². The summed E-state index contributed by atoms with van der Waals surface area (Å²) in [5.41, 5.74) is 0. The maximum absolute atomic E-state index is 4.97. The molecule has 0 saturated heterocycles. The van der Waals surface area contributed by atoms with E-state index in [4.69, 9.17) is 4.74 Å². The molecule has 1 aromatic heterocycles. The second-order valence-electron chi connectivity index (χ2n) is 3.67. The van der Waals surface area contributed by atoms with Gasteiger partial charge in [-0.15, -0.1) is 0 Å². The van der Waals surface area contributed by atoms with Crippen molar-refractivity contribution < 1.29 is 4.74 Å². The highest BCUT2D eigenvalue weighted by molar-refractivity contribution is 5.25. The van der Waals surface area contributed by atoms with Gasteiger partial charge in [-0.25, -0.2) is 4.98 Å². The van der Waals surface area contributed by atoms with Gasteiger partial charge in [0.25, 0.3) is 0 Å². The fourth-order valence-electron chi connectivity index (χ4n) is 1.23. The third-order valence-corrected chi connectivity index (χ3v) is 2.09. The van der Waals surface area contributed by atoms with Crippen molar-refractivity contribution in [1.29, 1.82) is 0 Å². The molecule has 0 unspecified atom stereocenters. The predicted molar refractivity (Wildman–Crippen MR) is 61.1 cm³/mol. The molecular weight excluding hydrogens is 192 g/mol. The molecule has 1 N–H and O–H groups in total. The number of hydrogen-bond acceptors (Lipinski definition) is 4. The van der Waals surface area contributed by atoms with Crippen LogP contribution in [0.2, 0.25) is 0 Å². The molecule has 0 aliphatic rings. The molecule has 86 valence electrons. The van der Waals surface area contributed by atoms with Gasteiger partial charge in [0, 0.05) is 39.1 Å². The Morgan fingerprint density at radius 1 is 1.53 bits per heavy atom. The lowest BCUT2D eigenvalue weighted by atomic mass is 10.5. The van der Waals surface area contributed by atoms with Crippen LogP contribution in [0, 0.1) is 0 Å². The molecule has 0 aliphatic carbocycles. The van der Waals surface area contributed by atoms with Gasteiger partial charge in [0.1, 0.15) is 0 Å². The van der Waals surface area contributed by atoms with Gasteiger partial charge >= 0.3 is 0 Å². The lowest BCUT2D eigenvalue weighted by molar-refractivity contribution is 0.210. The summed E-state index contributed by atoms with van der Waals surface area (Å²) in [6.45, 7) is 3.44. The van der Waals surface area contributed by atoms with Gasteiger partial charge in [-0.05, 0) is 14.1 Å². The first-order valence-electron chi connectivity index (χ1n) is 5.12. The van der Waals surface area contributed by atoms with Gasteiger partial charge in [0.15, 0.2) is 0 Å². The molecule has 0 atom stereocenters. The zero-order valence-electron chi connectivity index (χ0n) is 9.73. The number of methoxy groups -OCH3 is 1. The van der Waals surface area contributed by atoms with Crippen LogP contribution in [0.15, 0.2) is 12.4 Å². The molecule has 5 heteroatoms. The van der Waals surface area contributed by atoms with Crippen LogP contribution in [0.4, 0.5) is 5.95 Å². The maximum atomic E-state index is 4.97. The highest BCUT2D eigenvalue weighted by Gasteiger charge is 2.01. The molecule has 0 spiro atoms. The normalized spacial score (nSPS) is 10.9. The highest BCUT2D eigenvalue weighted by Crippen LogP contribution is 2.03. The number of aromatic nitrogens is 2. The quantitative estimate of drug-likeness (QED) is 0.668. The Labute approximate surface area is 91.0 Å². The first-order chi connectivity index (χ1) is 7.24. The number of nitrogens with zero attached hydrogens (tertiary/aromatic N) is 3. The van der Waals surface area contributed by atoms with E-state index >= 15 is 0 Å². The third kappa shape index (κ3) is 4.31. The van der Waals surface area contributed by atoms with Gasteiger partial charge in [0.05, 0.1) is 6.61 Å². The van der Waals surface area contributed by atoms with Gasteiger partial charge in [-0.2, -0.15) is 0 Å². The van der Waals surface area contributed by atoms with Crippen molar-refractivity contribution >= 4 is 5.95 Å². The van der Waals surface area contributed by atoms with Crippen molar-refractivity contribution in [2.24, 2.45) is 0 Å². The Kier molecular flexibility index (Phi) is 5.14. The number of rotatable bonds is 7. The van der Waals surface area contributed by atoms with Crippen molar-refractivity contribution in [2.45, 2.75) is 6.54 Å². The minimum atomic E-state index is 0.695. The lowest BCUT2D eigenvalue weighted by Gasteiger charge is -2.12. The molecule has 0 aliphatic heterocycles. The lowest BCUT2D eigenvalue weighted by Crippen LogP contribution is -2.20. The zero-order valence-corrected chi connectivity index (χ0v) is 9.73. The van der Waals surface area contributed by atoms with Crippen molar-refractivity contribution in [1.82, 2.24) is 14.5 Å². The maximum Gasteiger partial charge on any atom is 0.202 e. The summed E-state index contributed by atoms with van der Waals surface area (Å²) >= 11 is 0. The summed E-state index contributed by atoms with van der Waals surface area (Å²) in [6.07, 6.45) is 3.80. The number of likely N-dealkylation sites (N-methyl/N-ethyl adjacent to an activating group) is 1. The fraction of sp³-hybridized carbons (Fsp3) is 0.700. The Bertz CT molecular complexity index is 272. The van der Waals surface area contributed by atoms with E-state index in [0.29, 0.717) is 6.61 Å². The molecule has 0 aromatic carbocycles. The Morgan fingerprint density at radius 2 is 2.33 bits per heavy atom. The fourth-order valence-corrected chi connectivity index (χ4v) is 1.23. The molecule has 0 radical (unpaired) electrons. The molecule has 1 rings (SSSR count). The first-order valence-corrected chi connectivity index (χ1v) is 5.12. The number of hydrogen-bond donors (Lipinski definition) is 1. The Balaban J connectivity index is 2.39. The van der Waals surface area contributed by atoms with E-state index in [1.165, 1.54) is 0 Å². The second-order valence-corrected chi connectivity index (χ2v) is 3.67. The molecule has 15 heavy (non-hydrogen) atoms. The Morgan fingerprint density at radius 3 is 3.00 bits per heavy atom. The zero-order chi connectivity index (χ0) is 11.1. The summed E-state index contributed by atoms with van der Waals surface area (Å²) in [6, 6.07) is 0. The van der Waals surface area contributed by atoms with Gasteiger partial charge in [0.2, 0.25) is 5.95 Å². The van der Waals surface area contributed by atoms with E-state index in [2.05, 4.69) is 33.9 Å². The third-order valence-electron chi connectivity index (χ3n) is 2.09. The largest absolute Gasteiger partial charge is 0.383 e. The average molecular weight is 212 g/mol. The molecule has 1 heterocycles. The number of nitrogens with one attached hydrogen (secondary N) is 1. The van der Waals surface area contributed by atoms with E-state index in [0.717, 1.165) is 25.6 Å². The molecule has 0 amide bonds. The smallest absolute Gasteiger partial charge is 0.202 e. The van der Waals surface area contributed by atoms with Crippen LogP contribution in [-0.2, 0) is 11.3 Å². The van der Waals surface area contributed by atoms with Crippen LogP contribution >= 0.6 is 0 Å². The molecule has 0 bridgehead atoms. The van der Waals surface area contributed by atoms with E-state index in [9.17, 15) is 0 Å². The summed E-state index contributed by atoms with van der Waals surface area (Å²) in [5, 5.41) is 3.23. The Hall–Kier alpha value is -1.07. The number of anilines is 1. The minimum absolute atomic E-state index is 0.695. The molecular formula is C10H20N4O. The van der Waals surface area contributed by atoms with Crippen LogP contribution in [0.5, 0.6) is 0 Å². The monoisotopic (exact) mass is 212 g/mol. The van der Waals surface area contributed by atoms with Crippen molar-refractivity contribution in [3.05, 3.63) is 12.4 Å². The summed E-state index contributed by atoms with van der Waals surface area (Å²) in [5.74, 6) is 0.911. The summed E-state index contributed by atoms with van der Waals surface area (Å²) < 4.78 is 7.08. The van der Waals surface area contributed by atoms with Crippen LogP contribution in [0.25, 0.3) is 0 Å². The van der Waals surface area contributed by atoms with E-state index in [1.807, 2.05) is 12.4 Å². The average Bonchev–Trinajstić information content (AvgIpc) is 2.63. The van der Waals surface area contributed by atoms with Crippen molar-refractivity contribution in [3.63, 3.8) is 0 Å². The van der Waals surface area contributed by atoms with Gasteiger partial charge in [-0.3, -0.25) is 0 Å². The van der Waals surface area contributed by atoms with Crippen LogP contribution in [0.1, 0.15) is 0 Å². The van der Waals surface area contributed by atoms with Gasteiger partial charge in [-0.1, -0.05) is 0 Å². The van der Waals surface area contributed by atoms with Gasteiger partial charge < -0.3 is 19.5 Å². The molecule has 0 saturated carbocycles. The number of ether oxygens (including phenoxy) is 1.